The molecule has 0 spiro atoms. The van der Waals surface area contributed by atoms with Gasteiger partial charge in [-0.2, -0.15) is 0 Å². The summed E-state index contributed by atoms with van der Waals surface area (Å²) in [5.74, 6) is -0.693. The van der Waals surface area contributed by atoms with E-state index in [-0.39, 0.29) is 46.8 Å². The van der Waals surface area contributed by atoms with E-state index in [1.54, 1.807) is 36.4 Å². The predicted octanol–water partition coefficient (Wildman–Crippen LogP) is 3.94. The summed E-state index contributed by atoms with van der Waals surface area (Å²) in [6, 6.07) is 12.6. The Labute approximate surface area is 195 Å². The zero-order valence-corrected chi connectivity index (χ0v) is 18.3. The minimum atomic E-state index is -0.696. The summed E-state index contributed by atoms with van der Waals surface area (Å²) in [4.78, 5) is 52.7. The topological polar surface area (TPSA) is 80.8 Å². The first-order valence-corrected chi connectivity index (χ1v) is 11.4. The van der Waals surface area contributed by atoms with Gasteiger partial charge in [-0.25, -0.2) is 9.69 Å². The third-order valence-electron chi connectivity index (χ3n) is 7.50. The van der Waals surface area contributed by atoms with Gasteiger partial charge >= 0.3 is 5.97 Å². The first kappa shape index (κ1) is 20.4. The minimum absolute atomic E-state index is 0.137. The average Bonchev–Trinajstić information content (AvgIpc) is 3.61. The fourth-order valence-corrected chi connectivity index (χ4v) is 6.04. The molecule has 0 N–H and O–H groups in total. The second kappa shape index (κ2) is 7.39. The number of benzene rings is 2. The van der Waals surface area contributed by atoms with E-state index in [1.165, 1.54) is 17.0 Å². The summed E-state index contributed by atoms with van der Waals surface area (Å²) in [7, 11) is 0. The first-order valence-electron chi connectivity index (χ1n) is 11.1. The van der Waals surface area contributed by atoms with Gasteiger partial charge in [0.15, 0.2) is 12.4 Å². The molecule has 4 aliphatic carbocycles. The molecule has 6 nitrogen and oxygen atoms in total. The van der Waals surface area contributed by atoms with Crippen molar-refractivity contribution in [3.8, 4) is 0 Å². The first-order chi connectivity index (χ1) is 15.9. The smallest absolute Gasteiger partial charge is 0.338 e. The SMILES string of the molecule is O=C(COC(=O)c1cccc(N2C(=O)[C@@H]3[C@H]4C=C[C@@H]([C@@H]5C[C@H]45)[C@@H]3C2=O)c1)c1ccc(Cl)cc1. The third kappa shape index (κ3) is 3.16. The molecule has 2 saturated carbocycles. The summed E-state index contributed by atoms with van der Waals surface area (Å²) in [6.45, 7) is -0.422. The maximum absolute atomic E-state index is 13.3. The van der Waals surface area contributed by atoms with Crippen molar-refractivity contribution in [3.63, 3.8) is 0 Å². The number of carbonyl (C=O) groups excluding carboxylic acids is 4. The Kier molecular flexibility index (Phi) is 4.56. The van der Waals surface area contributed by atoms with Crippen molar-refractivity contribution in [2.75, 3.05) is 11.5 Å². The molecular weight excluding hydrogens is 442 g/mol. The lowest BCUT2D eigenvalue weighted by molar-refractivity contribution is -0.124. The fourth-order valence-electron chi connectivity index (χ4n) is 5.92. The second-order valence-corrected chi connectivity index (χ2v) is 9.66. The maximum atomic E-state index is 13.3. The Morgan fingerprint density at radius 2 is 1.55 bits per heavy atom. The van der Waals surface area contributed by atoms with Crippen LogP contribution < -0.4 is 4.90 Å². The molecule has 1 aliphatic heterocycles. The normalized spacial score (nSPS) is 30.8. The second-order valence-electron chi connectivity index (χ2n) is 9.22. The summed E-state index contributed by atoms with van der Waals surface area (Å²) in [5, 5.41) is 0.507. The lowest BCUT2D eigenvalue weighted by Crippen LogP contribution is -2.40. The van der Waals surface area contributed by atoms with Crippen molar-refractivity contribution in [2.45, 2.75) is 6.42 Å². The number of nitrogens with zero attached hydrogens (tertiary/aromatic N) is 1. The lowest BCUT2D eigenvalue weighted by atomic mass is 9.63. The molecule has 1 saturated heterocycles. The number of hydrogen-bond donors (Lipinski definition) is 0. The standard InChI is InChI=1S/C26H20ClNO5/c27-15-6-4-13(5-7-15)21(29)12-33-26(32)14-2-1-3-16(10-14)28-24(30)22-17-8-9-18(20-11-19(17)20)23(22)25(28)31/h1-10,17-20,22-23H,11-12H2/t17-,18-,19-,20+,22-,23+/m0/s1. The Hall–Kier alpha value is -3.25. The average molecular weight is 462 g/mol. The van der Waals surface area contributed by atoms with Gasteiger partial charge in [-0.3, -0.25) is 14.4 Å². The Morgan fingerprint density at radius 3 is 2.18 bits per heavy atom. The van der Waals surface area contributed by atoms with Crippen LogP contribution in [0, 0.1) is 35.5 Å². The number of anilines is 1. The number of ketones is 1. The number of carbonyl (C=O) groups is 4. The number of rotatable bonds is 5. The molecule has 6 atom stereocenters. The van der Waals surface area contributed by atoms with Gasteiger partial charge in [0.05, 0.1) is 23.1 Å². The Balaban J connectivity index is 1.18. The van der Waals surface area contributed by atoms with E-state index in [9.17, 15) is 19.2 Å². The van der Waals surface area contributed by atoms with Crippen molar-refractivity contribution in [1.82, 2.24) is 0 Å². The number of esters is 1. The van der Waals surface area contributed by atoms with E-state index in [0.717, 1.165) is 6.42 Å². The Bertz CT molecular complexity index is 1200. The molecule has 166 valence electrons. The number of Topliss-reactive ketones (excluding diaryl/α,β-unsaturated/α-hetero) is 1. The molecule has 2 aromatic carbocycles. The molecule has 0 aromatic heterocycles. The molecule has 0 unspecified atom stereocenters. The number of hydrogen-bond acceptors (Lipinski definition) is 5. The van der Waals surface area contributed by atoms with E-state index >= 15 is 0 Å². The van der Waals surface area contributed by atoms with Crippen LogP contribution in [-0.2, 0) is 14.3 Å². The molecule has 2 aromatic rings. The van der Waals surface area contributed by atoms with Gasteiger partial charge in [0, 0.05) is 10.6 Å². The van der Waals surface area contributed by atoms with Crippen LogP contribution in [0.2, 0.25) is 5.02 Å². The van der Waals surface area contributed by atoms with Crippen LogP contribution in [0.4, 0.5) is 5.69 Å². The quantitative estimate of drug-likeness (QED) is 0.291. The molecule has 5 aliphatic rings. The zero-order chi connectivity index (χ0) is 22.9. The number of imide groups is 1. The highest BCUT2D eigenvalue weighted by Gasteiger charge is 2.67. The molecule has 1 heterocycles. The van der Waals surface area contributed by atoms with Crippen LogP contribution in [-0.4, -0.2) is 30.2 Å². The summed E-state index contributed by atoms with van der Waals surface area (Å²) < 4.78 is 5.18. The predicted molar refractivity (Wildman–Crippen MR) is 120 cm³/mol. The van der Waals surface area contributed by atoms with Gasteiger partial charge in [-0.05, 0) is 72.6 Å². The Morgan fingerprint density at radius 1 is 0.909 bits per heavy atom. The van der Waals surface area contributed by atoms with Gasteiger partial charge in [0.25, 0.3) is 0 Å². The zero-order valence-electron chi connectivity index (χ0n) is 17.5. The molecule has 7 heteroatoms. The van der Waals surface area contributed by atoms with Crippen LogP contribution in [0.5, 0.6) is 0 Å². The summed E-state index contributed by atoms with van der Waals surface area (Å²) in [6.07, 6.45) is 5.35. The molecule has 0 radical (unpaired) electrons. The van der Waals surface area contributed by atoms with E-state index in [4.69, 9.17) is 16.3 Å². The fraction of sp³-hybridized carbons (Fsp3) is 0.308. The lowest BCUT2D eigenvalue weighted by Gasteiger charge is -2.37. The summed E-state index contributed by atoms with van der Waals surface area (Å²) >= 11 is 5.83. The van der Waals surface area contributed by atoms with Crippen molar-refractivity contribution in [2.24, 2.45) is 35.5 Å². The van der Waals surface area contributed by atoms with Crippen molar-refractivity contribution < 1.29 is 23.9 Å². The van der Waals surface area contributed by atoms with Gasteiger partial charge in [0.2, 0.25) is 11.8 Å². The highest BCUT2D eigenvalue weighted by molar-refractivity contribution is 6.30. The number of allylic oxidation sites excluding steroid dienone is 2. The van der Waals surface area contributed by atoms with Gasteiger partial charge in [0.1, 0.15) is 0 Å². The van der Waals surface area contributed by atoms with Crippen LogP contribution in [0.25, 0.3) is 0 Å². The van der Waals surface area contributed by atoms with Crippen molar-refractivity contribution in [1.29, 1.82) is 0 Å². The van der Waals surface area contributed by atoms with Crippen molar-refractivity contribution in [3.05, 3.63) is 76.8 Å². The van der Waals surface area contributed by atoms with E-state index in [0.29, 0.717) is 28.1 Å². The van der Waals surface area contributed by atoms with Crippen molar-refractivity contribution >= 4 is 40.9 Å². The van der Waals surface area contributed by atoms with E-state index in [2.05, 4.69) is 12.2 Å². The van der Waals surface area contributed by atoms with Crippen LogP contribution >= 0.6 is 11.6 Å². The molecule has 2 amide bonds. The van der Waals surface area contributed by atoms with Gasteiger partial charge in [-0.15, -0.1) is 0 Å². The van der Waals surface area contributed by atoms with Crippen LogP contribution in [0.3, 0.4) is 0 Å². The highest BCUT2D eigenvalue weighted by Crippen LogP contribution is 2.65. The van der Waals surface area contributed by atoms with Gasteiger partial charge in [-0.1, -0.05) is 29.8 Å². The molecular formula is C26H20ClNO5. The number of halogens is 1. The largest absolute Gasteiger partial charge is 0.454 e. The molecule has 7 rings (SSSR count). The number of amides is 2. The monoisotopic (exact) mass is 461 g/mol. The van der Waals surface area contributed by atoms with E-state index in [1.807, 2.05) is 0 Å². The molecule has 2 bridgehead atoms. The third-order valence-corrected chi connectivity index (χ3v) is 7.76. The highest BCUT2D eigenvalue weighted by atomic mass is 35.5. The molecule has 33 heavy (non-hydrogen) atoms. The maximum Gasteiger partial charge on any atom is 0.338 e. The van der Waals surface area contributed by atoms with Gasteiger partial charge < -0.3 is 4.74 Å². The van der Waals surface area contributed by atoms with Crippen LogP contribution in [0.15, 0.2) is 60.7 Å². The number of ether oxygens (including phenoxy) is 1. The molecule has 3 fully saturated rings. The van der Waals surface area contributed by atoms with E-state index < -0.39 is 12.6 Å². The van der Waals surface area contributed by atoms with Crippen LogP contribution in [0.1, 0.15) is 27.1 Å². The minimum Gasteiger partial charge on any atom is -0.454 e. The summed E-state index contributed by atoms with van der Waals surface area (Å²) in [5.41, 5.74) is 0.930.